The Balaban J connectivity index is 1.63. The molecule has 0 spiro atoms. The van der Waals surface area contributed by atoms with E-state index in [9.17, 15) is 21.6 Å². The van der Waals surface area contributed by atoms with Crippen molar-refractivity contribution >= 4 is 25.8 Å². The minimum atomic E-state index is -3.74. The van der Waals surface area contributed by atoms with Gasteiger partial charge in [0.15, 0.2) is 9.84 Å². The highest BCUT2D eigenvalue weighted by atomic mass is 32.2. The molecular weight excluding hydrogens is 380 g/mol. The number of sulfone groups is 1. The van der Waals surface area contributed by atoms with E-state index in [1.165, 1.54) is 30.5 Å². The third-order valence-corrected chi connectivity index (χ3v) is 7.20. The van der Waals surface area contributed by atoms with Gasteiger partial charge in [-0.1, -0.05) is 0 Å². The Morgan fingerprint density at radius 1 is 1.19 bits per heavy atom. The van der Waals surface area contributed by atoms with E-state index in [4.69, 9.17) is 4.42 Å². The van der Waals surface area contributed by atoms with Crippen molar-refractivity contribution in [3.63, 3.8) is 0 Å². The van der Waals surface area contributed by atoms with Crippen LogP contribution < -0.4 is 10.0 Å². The largest absolute Gasteiger partial charge is 0.468 e. The molecule has 1 aromatic carbocycles. The topological polar surface area (TPSA) is 123 Å². The second kappa shape index (κ2) is 7.22. The zero-order chi connectivity index (χ0) is 18.8. The lowest BCUT2D eigenvalue weighted by Gasteiger charge is -2.11. The zero-order valence-corrected chi connectivity index (χ0v) is 15.3. The number of carbonyl (C=O) groups is 1. The van der Waals surface area contributed by atoms with Crippen molar-refractivity contribution < 1.29 is 26.0 Å². The van der Waals surface area contributed by atoms with Crippen LogP contribution in [0, 0.1) is 0 Å². The lowest BCUT2D eigenvalue weighted by Crippen LogP contribution is -2.35. The van der Waals surface area contributed by atoms with E-state index in [0.29, 0.717) is 12.2 Å². The molecule has 1 fully saturated rings. The third-order valence-electron chi connectivity index (χ3n) is 4.01. The first-order valence-corrected chi connectivity index (χ1v) is 11.2. The van der Waals surface area contributed by atoms with Gasteiger partial charge in [0.2, 0.25) is 10.0 Å². The molecule has 0 bridgehead atoms. The van der Waals surface area contributed by atoms with E-state index >= 15 is 0 Å². The molecule has 8 nitrogen and oxygen atoms in total. The Hall–Kier alpha value is -2.17. The van der Waals surface area contributed by atoms with Gasteiger partial charge in [-0.15, -0.1) is 0 Å². The van der Waals surface area contributed by atoms with Crippen LogP contribution in [0.2, 0.25) is 0 Å². The molecule has 0 aliphatic carbocycles. The highest BCUT2D eigenvalue weighted by Crippen LogP contribution is 2.14. The van der Waals surface area contributed by atoms with Crippen LogP contribution in [0.15, 0.2) is 52.0 Å². The van der Waals surface area contributed by atoms with E-state index in [-0.39, 0.29) is 28.5 Å². The predicted octanol–water partition coefficient (Wildman–Crippen LogP) is 0.675. The fraction of sp³-hybridized carbons (Fsp3) is 0.312. The average Bonchev–Trinajstić information content (AvgIpc) is 3.22. The Morgan fingerprint density at radius 2 is 1.92 bits per heavy atom. The van der Waals surface area contributed by atoms with Crippen molar-refractivity contribution in [1.82, 2.24) is 10.0 Å². The smallest absolute Gasteiger partial charge is 0.251 e. The molecule has 140 valence electrons. The van der Waals surface area contributed by atoms with Gasteiger partial charge >= 0.3 is 0 Å². The van der Waals surface area contributed by atoms with Crippen molar-refractivity contribution in [1.29, 1.82) is 0 Å². The third kappa shape index (κ3) is 4.51. The Bertz CT molecular complexity index is 980. The summed E-state index contributed by atoms with van der Waals surface area (Å²) in [4.78, 5) is 12.2. The van der Waals surface area contributed by atoms with Crippen molar-refractivity contribution in [3.8, 4) is 0 Å². The van der Waals surface area contributed by atoms with Gasteiger partial charge in [-0.3, -0.25) is 4.79 Å². The number of sulfonamides is 1. The summed E-state index contributed by atoms with van der Waals surface area (Å²) in [5.74, 6) is 0.0499. The van der Waals surface area contributed by atoms with Crippen LogP contribution in [0.5, 0.6) is 0 Å². The molecule has 26 heavy (non-hydrogen) atoms. The molecule has 2 N–H and O–H groups in total. The van der Waals surface area contributed by atoms with Gasteiger partial charge in [-0.25, -0.2) is 21.6 Å². The summed E-state index contributed by atoms with van der Waals surface area (Å²) in [6.45, 7) is 0.0216. The first-order valence-electron chi connectivity index (χ1n) is 7.89. The maximum Gasteiger partial charge on any atom is 0.251 e. The average molecular weight is 398 g/mol. The Kier molecular flexibility index (Phi) is 5.17. The van der Waals surface area contributed by atoms with Gasteiger partial charge in [-0.05, 0) is 42.8 Å². The minimum absolute atomic E-state index is 0.0176. The number of rotatable bonds is 6. The van der Waals surface area contributed by atoms with Crippen LogP contribution in [0.4, 0.5) is 0 Å². The predicted molar refractivity (Wildman–Crippen MR) is 93.7 cm³/mol. The Morgan fingerprint density at radius 3 is 2.50 bits per heavy atom. The summed E-state index contributed by atoms with van der Waals surface area (Å²) in [5, 5.41) is 2.66. The molecule has 1 saturated heterocycles. The molecule has 0 unspecified atom stereocenters. The van der Waals surface area contributed by atoms with E-state index in [2.05, 4.69) is 10.0 Å². The molecule has 2 heterocycles. The summed E-state index contributed by atoms with van der Waals surface area (Å²) in [7, 11) is -6.82. The number of nitrogens with one attached hydrogen (secondary N) is 2. The van der Waals surface area contributed by atoms with E-state index in [1.807, 2.05) is 0 Å². The highest BCUT2D eigenvalue weighted by Gasteiger charge is 2.29. The van der Waals surface area contributed by atoms with Crippen molar-refractivity contribution in [2.45, 2.75) is 23.9 Å². The van der Waals surface area contributed by atoms with Crippen LogP contribution in [0.3, 0.4) is 0 Å². The second-order valence-electron chi connectivity index (χ2n) is 6.00. The number of benzene rings is 1. The molecule has 2 aromatic rings. The maximum absolute atomic E-state index is 12.2. The number of hydrogen-bond donors (Lipinski definition) is 2. The molecule has 1 aliphatic rings. The molecule has 10 heteroatoms. The van der Waals surface area contributed by atoms with E-state index in [0.717, 1.165) is 0 Å². The van der Waals surface area contributed by atoms with E-state index < -0.39 is 31.8 Å². The Labute approximate surface area is 151 Å². The first-order chi connectivity index (χ1) is 12.3. The van der Waals surface area contributed by atoms with Gasteiger partial charge in [0.25, 0.3) is 5.91 Å². The van der Waals surface area contributed by atoms with Gasteiger partial charge in [-0.2, -0.15) is 0 Å². The van der Waals surface area contributed by atoms with Crippen LogP contribution in [-0.4, -0.2) is 40.3 Å². The monoisotopic (exact) mass is 398 g/mol. The summed E-state index contributed by atoms with van der Waals surface area (Å²) in [6.07, 6.45) is 1.84. The summed E-state index contributed by atoms with van der Waals surface area (Å²) < 4.78 is 54.8. The first kappa shape index (κ1) is 18.6. The van der Waals surface area contributed by atoms with Crippen molar-refractivity contribution in [2.75, 3.05) is 11.5 Å². The highest BCUT2D eigenvalue weighted by molar-refractivity contribution is 7.91. The molecule has 0 radical (unpaired) electrons. The fourth-order valence-electron chi connectivity index (χ4n) is 2.63. The molecular formula is C16H18N2O6S2. The minimum Gasteiger partial charge on any atom is -0.468 e. The zero-order valence-electron chi connectivity index (χ0n) is 13.7. The van der Waals surface area contributed by atoms with Gasteiger partial charge in [0, 0.05) is 11.6 Å². The fourth-order valence-corrected chi connectivity index (χ4v) is 5.29. The molecule has 3 rings (SSSR count). The lowest BCUT2D eigenvalue weighted by molar-refractivity contribution is 0.0941. The quantitative estimate of drug-likeness (QED) is 0.738. The standard InChI is InChI=1S/C16H18N2O6S2/c19-16(18-13-7-9-25(20,21)11-13)12-3-5-15(6-4-12)26(22,23)17-10-14-2-1-8-24-14/h1-6,8,13,17H,7,9-11H2,(H,18,19)/t13-/m1/s1. The number of furan rings is 1. The second-order valence-corrected chi connectivity index (χ2v) is 10.00. The number of carbonyl (C=O) groups excluding carboxylic acids is 1. The number of amides is 1. The van der Waals surface area contributed by atoms with E-state index in [1.54, 1.807) is 12.1 Å². The molecule has 1 aromatic heterocycles. The molecule has 0 saturated carbocycles. The molecule has 1 atom stereocenters. The molecule has 1 amide bonds. The van der Waals surface area contributed by atoms with Crippen LogP contribution in [-0.2, 0) is 26.4 Å². The summed E-state index contributed by atoms with van der Waals surface area (Å²) in [5.41, 5.74) is 0.263. The molecule has 1 aliphatic heterocycles. The van der Waals surface area contributed by atoms with Crippen molar-refractivity contribution in [3.05, 3.63) is 54.0 Å². The maximum atomic E-state index is 12.2. The SMILES string of the molecule is O=C(N[C@@H]1CCS(=O)(=O)C1)c1ccc(S(=O)(=O)NCc2ccco2)cc1. The van der Waals surface area contributed by atoms with Crippen LogP contribution in [0.25, 0.3) is 0 Å². The summed E-state index contributed by atoms with van der Waals surface area (Å²) in [6, 6.07) is 8.33. The van der Waals surface area contributed by atoms with Gasteiger partial charge < -0.3 is 9.73 Å². The van der Waals surface area contributed by atoms with Crippen LogP contribution >= 0.6 is 0 Å². The van der Waals surface area contributed by atoms with Crippen molar-refractivity contribution in [2.24, 2.45) is 0 Å². The van der Waals surface area contributed by atoms with Gasteiger partial charge in [0.05, 0.1) is 29.2 Å². The lowest BCUT2D eigenvalue weighted by atomic mass is 10.2. The normalized spacial score (nSPS) is 19.3. The van der Waals surface area contributed by atoms with Crippen LogP contribution in [0.1, 0.15) is 22.5 Å². The van der Waals surface area contributed by atoms with Gasteiger partial charge in [0.1, 0.15) is 5.76 Å². The summed E-state index contributed by atoms with van der Waals surface area (Å²) >= 11 is 0. The number of hydrogen-bond acceptors (Lipinski definition) is 6.